The van der Waals surface area contributed by atoms with Gasteiger partial charge in [-0.1, -0.05) is 6.07 Å². The maximum absolute atomic E-state index is 12.7. The lowest BCUT2D eigenvalue weighted by Gasteiger charge is -2.13. The number of pyridine rings is 2. The Kier molecular flexibility index (Phi) is 6.47. The standard InChI is InChI=1S/C23H21BrN4O3/c1-2-30-21-10-17(5-7-20(21)31-15-16-4-3-9-25-11-16)23(29)26-12-19-14-28-13-18(24)6-8-22(28)27-19/h3-11,13-14H,2,12,15H2,1H3,(H,26,29). The van der Waals surface area contributed by atoms with Crippen LogP contribution in [0.4, 0.5) is 0 Å². The zero-order valence-corrected chi connectivity index (χ0v) is 18.5. The van der Waals surface area contributed by atoms with Gasteiger partial charge in [0.1, 0.15) is 12.3 Å². The minimum Gasteiger partial charge on any atom is -0.490 e. The van der Waals surface area contributed by atoms with Crippen molar-refractivity contribution in [2.75, 3.05) is 6.61 Å². The molecular weight excluding hydrogens is 460 g/mol. The quantitative estimate of drug-likeness (QED) is 0.404. The zero-order chi connectivity index (χ0) is 21.6. The molecule has 0 aliphatic heterocycles. The molecule has 1 amide bonds. The normalized spacial score (nSPS) is 10.8. The van der Waals surface area contributed by atoms with Crippen LogP contribution in [0.25, 0.3) is 5.65 Å². The van der Waals surface area contributed by atoms with Gasteiger partial charge in [0.2, 0.25) is 0 Å². The first-order valence-corrected chi connectivity index (χ1v) is 10.6. The number of carbonyl (C=O) groups is 1. The molecule has 1 aromatic carbocycles. The van der Waals surface area contributed by atoms with Crippen LogP contribution in [-0.2, 0) is 13.2 Å². The number of benzene rings is 1. The van der Waals surface area contributed by atoms with E-state index in [-0.39, 0.29) is 5.91 Å². The maximum Gasteiger partial charge on any atom is 0.251 e. The smallest absolute Gasteiger partial charge is 0.251 e. The average molecular weight is 481 g/mol. The molecule has 31 heavy (non-hydrogen) atoms. The number of hydrogen-bond acceptors (Lipinski definition) is 5. The Labute approximate surface area is 188 Å². The molecule has 4 rings (SSSR count). The molecule has 1 N–H and O–H groups in total. The molecule has 0 aliphatic rings. The third-order valence-electron chi connectivity index (χ3n) is 4.52. The summed E-state index contributed by atoms with van der Waals surface area (Å²) in [6.07, 6.45) is 7.28. The SMILES string of the molecule is CCOc1cc(C(=O)NCc2cn3cc(Br)ccc3n2)ccc1OCc1cccnc1. The molecule has 0 aliphatic carbocycles. The highest BCUT2D eigenvalue weighted by Gasteiger charge is 2.13. The molecule has 0 spiro atoms. The first-order chi connectivity index (χ1) is 15.1. The van der Waals surface area contributed by atoms with Gasteiger partial charge in [0.25, 0.3) is 5.91 Å². The molecule has 0 radical (unpaired) electrons. The lowest BCUT2D eigenvalue weighted by molar-refractivity contribution is 0.0950. The predicted molar refractivity (Wildman–Crippen MR) is 120 cm³/mol. The minimum absolute atomic E-state index is 0.210. The van der Waals surface area contributed by atoms with Crippen molar-refractivity contribution in [1.82, 2.24) is 19.7 Å². The number of rotatable bonds is 8. The summed E-state index contributed by atoms with van der Waals surface area (Å²) >= 11 is 3.44. The van der Waals surface area contributed by atoms with Crippen LogP contribution in [0.15, 0.2) is 71.7 Å². The molecule has 3 aromatic heterocycles. The van der Waals surface area contributed by atoms with Crippen LogP contribution >= 0.6 is 15.9 Å². The second kappa shape index (κ2) is 9.61. The van der Waals surface area contributed by atoms with Gasteiger partial charge in [0.15, 0.2) is 11.5 Å². The van der Waals surface area contributed by atoms with Crippen molar-refractivity contribution in [3.8, 4) is 11.5 Å². The molecule has 4 aromatic rings. The van der Waals surface area contributed by atoms with Crippen LogP contribution in [0.5, 0.6) is 11.5 Å². The Hall–Kier alpha value is -3.39. The molecular formula is C23H21BrN4O3. The Balaban J connectivity index is 1.43. The number of amides is 1. The second-order valence-electron chi connectivity index (χ2n) is 6.77. The molecule has 158 valence electrons. The molecule has 8 heteroatoms. The van der Waals surface area contributed by atoms with E-state index in [1.165, 1.54) is 0 Å². The van der Waals surface area contributed by atoms with Gasteiger partial charge in [-0.05, 0) is 59.3 Å². The summed E-state index contributed by atoms with van der Waals surface area (Å²) in [5, 5.41) is 2.91. The van der Waals surface area contributed by atoms with Crippen LogP contribution in [0.1, 0.15) is 28.5 Å². The van der Waals surface area contributed by atoms with Gasteiger partial charge in [0, 0.05) is 40.4 Å². The molecule has 0 atom stereocenters. The maximum atomic E-state index is 12.7. The van der Waals surface area contributed by atoms with E-state index in [4.69, 9.17) is 9.47 Å². The fourth-order valence-corrected chi connectivity index (χ4v) is 3.41. The summed E-state index contributed by atoms with van der Waals surface area (Å²) in [5.74, 6) is 0.891. The third-order valence-corrected chi connectivity index (χ3v) is 4.99. The minimum atomic E-state index is -0.210. The van der Waals surface area contributed by atoms with Crippen molar-refractivity contribution >= 4 is 27.5 Å². The first-order valence-electron chi connectivity index (χ1n) is 9.82. The summed E-state index contributed by atoms with van der Waals surface area (Å²) in [6.45, 7) is 3.04. The van der Waals surface area contributed by atoms with E-state index in [2.05, 4.69) is 31.2 Å². The zero-order valence-electron chi connectivity index (χ0n) is 16.9. The van der Waals surface area contributed by atoms with Gasteiger partial charge in [-0.25, -0.2) is 4.98 Å². The van der Waals surface area contributed by atoms with Crippen LogP contribution in [0, 0.1) is 0 Å². The second-order valence-corrected chi connectivity index (χ2v) is 7.69. The lowest BCUT2D eigenvalue weighted by atomic mass is 10.2. The fraction of sp³-hybridized carbons (Fsp3) is 0.174. The summed E-state index contributed by atoms with van der Waals surface area (Å²) < 4.78 is 14.4. The molecule has 3 heterocycles. The first kappa shape index (κ1) is 20.9. The third kappa shape index (κ3) is 5.21. The summed E-state index contributed by atoms with van der Waals surface area (Å²) in [4.78, 5) is 21.3. The van der Waals surface area contributed by atoms with Crippen molar-refractivity contribution in [3.05, 3.63) is 88.5 Å². The molecule has 0 unspecified atom stereocenters. The van der Waals surface area contributed by atoms with Crippen LogP contribution in [0.3, 0.4) is 0 Å². The Morgan fingerprint density at radius 2 is 2.03 bits per heavy atom. The molecule has 0 fully saturated rings. The van der Waals surface area contributed by atoms with E-state index >= 15 is 0 Å². The lowest BCUT2D eigenvalue weighted by Crippen LogP contribution is -2.23. The average Bonchev–Trinajstić information content (AvgIpc) is 3.19. The van der Waals surface area contributed by atoms with Crippen molar-refractivity contribution in [2.24, 2.45) is 0 Å². The number of carbonyl (C=O) groups excluding carboxylic acids is 1. The number of nitrogens with one attached hydrogen (secondary N) is 1. The van der Waals surface area contributed by atoms with Crippen molar-refractivity contribution in [1.29, 1.82) is 0 Å². The molecule has 0 bridgehead atoms. The Morgan fingerprint density at radius 1 is 1.13 bits per heavy atom. The Bertz CT molecular complexity index is 1190. The highest BCUT2D eigenvalue weighted by molar-refractivity contribution is 9.10. The van der Waals surface area contributed by atoms with E-state index in [1.54, 1.807) is 30.6 Å². The van der Waals surface area contributed by atoms with Crippen LogP contribution < -0.4 is 14.8 Å². The monoisotopic (exact) mass is 480 g/mol. The number of ether oxygens (including phenoxy) is 2. The summed E-state index contributed by atoms with van der Waals surface area (Å²) in [5.41, 5.74) is 3.03. The Morgan fingerprint density at radius 3 is 2.84 bits per heavy atom. The molecule has 7 nitrogen and oxygen atoms in total. The molecule has 0 saturated heterocycles. The number of halogens is 1. The van der Waals surface area contributed by atoms with Gasteiger partial charge in [-0.3, -0.25) is 9.78 Å². The van der Waals surface area contributed by atoms with Crippen LogP contribution in [0.2, 0.25) is 0 Å². The molecule has 0 saturated carbocycles. The van der Waals surface area contributed by atoms with E-state index in [9.17, 15) is 4.79 Å². The van der Waals surface area contributed by atoms with Crippen LogP contribution in [-0.4, -0.2) is 26.9 Å². The largest absolute Gasteiger partial charge is 0.490 e. The summed E-state index contributed by atoms with van der Waals surface area (Å²) in [6, 6.07) is 12.8. The van der Waals surface area contributed by atoms with Gasteiger partial charge in [0.05, 0.1) is 18.8 Å². The predicted octanol–water partition coefficient (Wildman–Crippen LogP) is 4.40. The number of aromatic nitrogens is 3. The van der Waals surface area contributed by atoms with Crippen molar-refractivity contribution in [2.45, 2.75) is 20.1 Å². The van der Waals surface area contributed by atoms with Gasteiger partial charge in [-0.15, -0.1) is 0 Å². The van der Waals surface area contributed by atoms with Gasteiger partial charge >= 0.3 is 0 Å². The number of hydrogen-bond donors (Lipinski definition) is 1. The fourth-order valence-electron chi connectivity index (χ4n) is 3.06. The number of imidazole rings is 1. The van der Waals surface area contributed by atoms with E-state index < -0.39 is 0 Å². The van der Waals surface area contributed by atoms with Gasteiger partial charge in [-0.2, -0.15) is 0 Å². The highest BCUT2D eigenvalue weighted by Crippen LogP contribution is 2.29. The van der Waals surface area contributed by atoms with E-state index in [0.29, 0.717) is 36.8 Å². The topological polar surface area (TPSA) is 77.8 Å². The summed E-state index contributed by atoms with van der Waals surface area (Å²) in [7, 11) is 0. The highest BCUT2D eigenvalue weighted by atomic mass is 79.9. The number of fused-ring (bicyclic) bond motifs is 1. The van der Waals surface area contributed by atoms with E-state index in [1.807, 2.05) is 48.0 Å². The van der Waals surface area contributed by atoms with Gasteiger partial charge < -0.3 is 19.2 Å². The van der Waals surface area contributed by atoms with E-state index in [0.717, 1.165) is 21.4 Å². The van der Waals surface area contributed by atoms with Crippen molar-refractivity contribution in [3.63, 3.8) is 0 Å². The number of nitrogens with zero attached hydrogens (tertiary/aromatic N) is 3. The van der Waals surface area contributed by atoms with Crippen molar-refractivity contribution < 1.29 is 14.3 Å².